The summed E-state index contributed by atoms with van der Waals surface area (Å²) in [6, 6.07) is 15.9. The summed E-state index contributed by atoms with van der Waals surface area (Å²) in [5.41, 5.74) is 3.13. The summed E-state index contributed by atoms with van der Waals surface area (Å²) in [6.45, 7) is 5.54. The lowest BCUT2D eigenvalue weighted by Gasteiger charge is -2.14. The Morgan fingerprint density at radius 1 is 1.12 bits per heavy atom. The first-order chi connectivity index (χ1) is 15.6. The number of ether oxygens (including phenoxy) is 3. The fourth-order valence-electron chi connectivity index (χ4n) is 3.30. The molecule has 0 saturated heterocycles. The summed E-state index contributed by atoms with van der Waals surface area (Å²) in [4.78, 5) is 4.74. The maximum atomic E-state index is 5.73. The minimum Gasteiger partial charge on any atom is -0.491 e. The number of anilines is 1. The number of aryl methyl sites for hydroxylation is 1. The zero-order chi connectivity index (χ0) is 22.3. The van der Waals surface area contributed by atoms with E-state index in [9.17, 15) is 0 Å². The molecular weight excluding hydrogens is 533 g/mol. The number of fused-ring (bicyclic) bond motifs is 1. The van der Waals surface area contributed by atoms with Crippen LogP contribution in [0.3, 0.4) is 0 Å². The number of nitrogens with zero attached hydrogens (tertiary/aromatic N) is 3. The smallest absolute Gasteiger partial charge is 0.231 e. The minimum atomic E-state index is 0. The van der Waals surface area contributed by atoms with Crippen molar-refractivity contribution < 1.29 is 14.2 Å². The molecule has 0 saturated carbocycles. The van der Waals surface area contributed by atoms with Crippen LogP contribution in [-0.4, -0.2) is 35.2 Å². The topological polar surface area (TPSA) is 81.9 Å². The second-order valence-corrected chi connectivity index (χ2v) is 7.79. The summed E-state index contributed by atoms with van der Waals surface area (Å²) in [7, 11) is 1.92. The van der Waals surface area contributed by atoms with Gasteiger partial charge in [-0.3, -0.25) is 4.68 Å². The summed E-state index contributed by atoms with van der Waals surface area (Å²) >= 11 is 0. The van der Waals surface area contributed by atoms with E-state index in [0.29, 0.717) is 19.0 Å². The van der Waals surface area contributed by atoms with Crippen molar-refractivity contribution in [2.24, 2.45) is 12.0 Å². The number of halogens is 1. The van der Waals surface area contributed by atoms with Crippen molar-refractivity contribution in [1.82, 2.24) is 15.1 Å². The summed E-state index contributed by atoms with van der Waals surface area (Å²) in [6.07, 6.45) is 2.74. The molecule has 0 atom stereocenters. The van der Waals surface area contributed by atoms with Crippen molar-refractivity contribution in [2.45, 2.75) is 32.9 Å². The third-order valence-electron chi connectivity index (χ3n) is 4.95. The fraction of sp³-hybridized carbons (Fsp3) is 0.333. The first-order valence-electron chi connectivity index (χ1n) is 10.7. The van der Waals surface area contributed by atoms with Gasteiger partial charge in [0.15, 0.2) is 17.5 Å². The Labute approximate surface area is 211 Å². The summed E-state index contributed by atoms with van der Waals surface area (Å²) in [5.74, 6) is 3.14. The van der Waals surface area contributed by atoms with Crippen LogP contribution in [-0.2, 0) is 20.0 Å². The van der Waals surface area contributed by atoms with Gasteiger partial charge in [-0.2, -0.15) is 5.10 Å². The Hall–Kier alpha value is -2.95. The van der Waals surface area contributed by atoms with Crippen LogP contribution in [0.5, 0.6) is 17.2 Å². The Morgan fingerprint density at radius 3 is 2.64 bits per heavy atom. The number of rotatable bonds is 8. The lowest BCUT2D eigenvalue weighted by Crippen LogP contribution is -2.32. The van der Waals surface area contributed by atoms with Crippen LogP contribution in [0.4, 0.5) is 5.69 Å². The van der Waals surface area contributed by atoms with Crippen molar-refractivity contribution in [3.63, 3.8) is 0 Å². The molecule has 1 aliphatic rings. The first-order valence-corrected chi connectivity index (χ1v) is 10.7. The van der Waals surface area contributed by atoms with E-state index < -0.39 is 0 Å². The van der Waals surface area contributed by atoms with Gasteiger partial charge in [0.05, 0.1) is 18.3 Å². The van der Waals surface area contributed by atoms with Crippen molar-refractivity contribution in [1.29, 1.82) is 0 Å². The first kappa shape index (κ1) is 24.7. The highest BCUT2D eigenvalue weighted by atomic mass is 127. The molecule has 0 fully saturated rings. The second-order valence-electron chi connectivity index (χ2n) is 7.79. The van der Waals surface area contributed by atoms with Gasteiger partial charge in [0, 0.05) is 25.5 Å². The van der Waals surface area contributed by atoms with E-state index in [0.717, 1.165) is 35.1 Å². The van der Waals surface area contributed by atoms with Crippen LogP contribution in [0.15, 0.2) is 59.7 Å². The SMILES string of the molecule is CC(C)Oc1ccc(NC(=NCc2ccnn2C)NCCc2ccc3c(c2)OCO3)cc1.I. The summed E-state index contributed by atoms with van der Waals surface area (Å²) < 4.78 is 18.4. The van der Waals surface area contributed by atoms with Crippen LogP contribution in [0, 0.1) is 0 Å². The molecule has 0 radical (unpaired) electrons. The van der Waals surface area contributed by atoms with Gasteiger partial charge in [-0.15, -0.1) is 24.0 Å². The van der Waals surface area contributed by atoms with E-state index in [1.54, 1.807) is 6.20 Å². The maximum Gasteiger partial charge on any atom is 0.231 e. The van der Waals surface area contributed by atoms with E-state index in [1.165, 1.54) is 5.56 Å². The van der Waals surface area contributed by atoms with Gasteiger partial charge >= 0.3 is 0 Å². The van der Waals surface area contributed by atoms with Crippen molar-refractivity contribution in [2.75, 3.05) is 18.7 Å². The largest absolute Gasteiger partial charge is 0.491 e. The molecule has 8 nitrogen and oxygen atoms in total. The normalized spacial score (nSPS) is 12.4. The number of benzene rings is 2. The maximum absolute atomic E-state index is 5.73. The van der Waals surface area contributed by atoms with E-state index in [-0.39, 0.29) is 36.9 Å². The average Bonchev–Trinajstić information content (AvgIpc) is 3.41. The lowest BCUT2D eigenvalue weighted by atomic mass is 10.1. The third kappa shape index (κ3) is 7.01. The van der Waals surface area contributed by atoms with Gasteiger partial charge in [0.1, 0.15) is 5.75 Å². The molecule has 9 heteroatoms. The van der Waals surface area contributed by atoms with Gasteiger partial charge in [-0.1, -0.05) is 6.07 Å². The van der Waals surface area contributed by atoms with Crippen LogP contribution >= 0.6 is 24.0 Å². The highest BCUT2D eigenvalue weighted by Gasteiger charge is 2.13. The number of nitrogens with one attached hydrogen (secondary N) is 2. The zero-order valence-corrected chi connectivity index (χ0v) is 21.4. The molecular formula is C24H30IN5O3. The molecule has 33 heavy (non-hydrogen) atoms. The van der Waals surface area contributed by atoms with E-state index in [2.05, 4.69) is 21.8 Å². The molecule has 2 heterocycles. The molecule has 0 aliphatic carbocycles. The van der Waals surface area contributed by atoms with Crippen LogP contribution < -0.4 is 24.8 Å². The Morgan fingerprint density at radius 2 is 1.91 bits per heavy atom. The molecule has 1 aromatic heterocycles. The molecule has 4 rings (SSSR count). The number of aromatic nitrogens is 2. The summed E-state index contributed by atoms with van der Waals surface area (Å²) in [5, 5.41) is 11.0. The fourth-order valence-corrected chi connectivity index (χ4v) is 3.30. The zero-order valence-electron chi connectivity index (χ0n) is 19.1. The van der Waals surface area contributed by atoms with Gasteiger partial charge in [0.2, 0.25) is 6.79 Å². The Bertz CT molecular complexity index is 1070. The Balaban J connectivity index is 0.00000306. The van der Waals surface area contributed by atoms with Crippen molar-refractivity contribution >= 4 is 35.6 Å². The van der Waals surface area contributed by atoms with Crippen LogP contribution in [0.2, 0.25) is 0 Å². The molecule has 0 bridgehead atoms. The number of guanidine groups is 1. The van der Waals surface area contributed by atoms with Crippen LogP contribution in [0.25, 0.3) is 0 Å². The van der Waals surface area contributed by atoms with E-state index >= 15 is 0 Å². The van der Waals surface area contributed by atoms with E-state index in [4.69, 9.17) is 19.2 Å². The number of hydrogen-bond donors (Lipinski definition) is 2. The van der Waals surface area contributed by atoms with E-state index in [1.807, 2.05) is 68.0 Å². The molecule has 0 amide bonds. The highest BCUT2D eigenvalue weighted by Crippen LogP contribution is 2.32. The standard InChI is InChI=1S/C24H29N5O3.HI/c1-17(2)32-21-7-5-19(6-8-21)28-24(26-15-20-11-13-27-29(20)3)25-12-10-18-4-9-22-23(14-18)31-16-30-22;/h4-9,11,13-14,17H,10,12,15-16H2,1-3H3,(H2,25,26,28);1H. The van der Waals surface area contributed by atoms with Crippen molar-refractivity contribution in [3.8, 4) is 17.2 Å². The molecule has 2 aromatic carbocycles. The molecule has 1 aliphatic heterocycles. The van der Waals surface area contributed by atoms with Crippen molar-refractivity contribution in [3.05, 3.63) is 66.0 Å². The average molecular weight is 563 g/mol. The van der Waals surface area contributed by atoms with Gasteiger partial charge in [-0.25, -0.2) is 4.99 Å². The van der Waals surface area contributed by atoms with Gasteiger partial charge < -0.3 is 24.8 Å². The molecule has 3 aromatic rings. The Kier molecular flexibility index (Phi) is 8.81. The predicted octanol–water partition coefficient (Wildman–Crippen LogP) is 4.35. The lowest BCUT2D eigenvalue weighted by molar-refractivity contribution is 0.174. The third-order valence-corrected chi connectivity index (χ3v) is 4.95. The molecule has 2 N–H and O–H groups in total. The number of hydrogen-bond acceptors (Lipinski definition) is 5. The quantitative estimate of drug-likeness (QED) is 0.241. The monoisotopic (exact) mass is 563 g/mol. The predicted molar refractivity (Wildman–Crippen MR) is 140 cm³/mol. The second kappa shape index (κ2) is 11.8. The van der Waals surface area contributed by atoms with Gasteiger partial charge in [-0.05, 0) is 68.3 Å². The molecule has 176 valence electrons. The minimum absolute atomic E-state index is 0. The van der Waals surface area contributed by atoms with Gasteiger partial charge in [0.25, 0.3) is 0 Å². The molecule has 0 spiro atoms. The van der Waals surface area contributed by atoms with Crippen LogP contribution in [0.1, 0.15) is 25.1 Å². The number of aliphatic imine (C=N–C) groups is 1. The molecule has 0 unspecified atom stereocenters. The highest BCUT2D eigenvalue weighted by molar-refractivity contribution is 14.0.